The molecule has 1 atom stereocenters. The van der Waals surface area contributed by atoms with Gasteiger partial charge < -0.3 is 9.80 Å². The zero-order valence-electron chi connectivity index (χ0n) is 14.8. The third kappa shape index (κ3) is 6.00. The van der Waals surface area contributed by atoms with Gasteiger partial charge in [-0.15, -0.1) is 29.5 Å². The molecular weight excluding hydrogens is 368 g/mol. The number of nitrogens with zero attached hydrogens (tertiary/aromatic N) is 2. The molecule has 0 N–H and O–H groups in total. The van der Waals surface area contributed by atoms with Crippen LogP contribution in [0.15, 0.2) is 60.5 Å². The molecule has 1 aromatic heterocycles. The summed E-state index contributed by atoms with van der Waals surface area (Å²) in [5, 5.41) is 1.31. The topological polar surface area (TPSA) is 40.6 Å². The number of hydrogen-bond acceptors (Lipinski definition) is 3. The molecule has 2 amide bonds. The summed E-state index contributed by atoms with van der Waals surface area (Å²) in [7, 11) is 0. The van der Waals surface area contributed by atoms with Gasteiger partial charge in [-0.25, -0.2) is 0 Å². The first-order valence-corrected chi connectivity index (χ1v) is 9.70. The van der Waals surface area contributed by atoms with Gasteiger partial charge in [0.2, 0.25) is 11.8 Å². The zero-order chi connectivity index (χ0) is 18.9. The van der Waals surface area contributed by atoms with Crippen LogP contribution >= 0.6 is 22.9 Å². The first-order chi connectivity index (χ1) is 12.5. The Hall–Kier alpha value is -2.11. The lowest BCUT2D eigenvalue weighted by molar-refractivity contribution is -0.140. The van der Waals surface area contributed by atoms with Crippen LogP contribution in [0.5, 0.6) is 0 Å². The van der Waals surface area contributed by atoms with E-state index >= 15 is 0 Å². The second-order valence-corrected chi connectivity index (χ2v) is 7.63. The maximum absolute atomic E-state index is 12.9. The van der Waals surface area contributed by atoms with Crippen molar-refractivity contribution in [3.05, 3.63) is 70.9 Å². The molecule has 0 unspecified atom stereocenters. The van der Waals surface area contributed by atoms with E-state index < -0.39 is 5.38 Å². The Morgan fingerprint density at radius 2 is 1.88 bits per heavy atom. The molecule has 26 heavy (non-hydrogen) atoms. The van der Waals surface area contributed by atoms with Crippen LogP contribution in [0.4, 0.5) is 0 Å². The summed E-state index contributed by atoms with van der Waals surface area (Å²) in [4.78, 5) is 29.5. The molecule has 0 saturated heterocycles. The van der Waals surface area contributed by atoms with Crippen LogP contribution in [0.3, 0.4) is 0 Å². The van der Waals surface area contributed by atoms with Crippen LogP contribution in [0.1, 0.15) is 17.4 Å². The minimum Gasteiger partial charge on any atom is -0.332 e. The Labute approximate surface area is 163 Å². The van der Waals surface area contributed by atoms with Gasteiger partial charge in [0, 0.05) is 18.0 Å². The van der Waals surface area contributed by atoms with E-state index in [0.717, 1.165) is 10.4 Å². The standard InChI is InChI=1S/C20H23ClN2O2S/c1-3-11-22(20(25)16(2)21)15-19(24)23(14-18-10-7-12-26-18)13-17-8-5-4-6-9-17/h3-10,12,16H,1,11,13-15H2,2H3/t16-/m0/s1. The molecule has 138 valence electrons. The highest BCUT2D eigenvalue weighted by Gasteiger charge is 2.23. The summed E-state index contributed by atoms with van der Waals surface area (Å²) in [5.74, 6) is -0.384. The summed E-state index contributed by atoms with van der Waals surface area (Å²) in [6.45, 7) is 6.55. The molecule has 0 spiro atoms. The number of alkyl halides is 1. The monoisotopic (exact) mass is 390 g/mol. The second-order valence-electron chi connectivity index (χ2n) is 5.94. The summed E-state index contributed by atoms with van der Waals surface area (Å²) in [6, 6.07) is 13.8. The molecule has 0 fully saturated rings. The predicted octanol–water partition coefficient (Wildman–Crippen LogP) is 3.92. The molecule has 0 aliphatic rings. The number of amides is 2. The van der Waals surface area contributed by atoms with E-state index in [1.54, 1.807) is 29.2 Å². The van der Waals surface area contributed by atoms with Gasteiger partial charge in [0.25, 0.3) is 0 Å². The van der Waals surface area contributed by atoms with E-state index in [1.807, 2.05) is 47.8 Å². The van der Waals surface area contributed by atoms with Gasteiger partial charge in [0.15, 0.2) is 0 Å². The van der Waals surface area contributed by atoms with Crippen LogP contribution in [0, 0.1) is 0 Å². The van der Waals surface area contributed by atoms with Crippen LogP contribution in [0.2, 0.25) is 0 Å². The highest BCUT2D eigenvalue weighted by Crippen LogP contribution is 2.15. The van der Waals surface area contributed by atoms with E-state index in [1.165, 1.54) is 4.90 Å². The Balaban J connectivity index is 2.15. The Bertz CT molecular complexity index is 717. The van der Waals surface area contributed by atoms with Crippen LogP contribution in [-0.2, 0) is 22.7 Å². The maximum Gasteiger partial charge on any atom is 0.242 e. The van der Waals surface area contributed by atoms with E-state index in [2.05, 4.69) is 6.58 Å². The molecule has 0 radical (unpaired) electrons. The van der Waals surface area contributed by atoms with Gasteiger partial charge in [-0.2, -0.15) is 0 Å². The first kappa shape index (κ1) is 20.2. The van der Waals surface area contributed by atoms with E-state index in [0.29, 0.717) is 19.6 Å². The fraction of sp³-hybridized carbons (Fsp3) is 0.300. The average molecular weight is 391 g/mol. The lowest BCUT2D eigenvalue weighted by Gasteiger charge is -2.27. The number of carbonyl (C=O) groups is 2. The predicted molar refractivity (Wildman–Crippen MR) is 107 cm³/mol. The number of benzene rings is 1. The summed E-state index contributed by atoms with van der Waals surface area (Å²) in [6.07, 6.45) is 1.60. The van der Waals surface area contributed by atoms with Crippen molar-refractivity contribution in [2.24, 2.45) is 0 Å². The van der Waals surface area contributed by atoms with Gasteiger partial charge in [-0.05, 0) is 23.9 Å². The van der Waals surface area contributed by atoms with Crippen molar-refractivity contribution in [2.45, 2.75) is 25.4 Å². The number of thiophene rings is 1. The normalized spacial score (nSPS) is 11.6. The van der Waals surface area contributed by atoms with Gasteiger partial charge in [0.05, 0.1) is 6.54 Å². The summed E-state index contributed by atoms with van der Waals surface area (Å²) in [5.41, 5.74) is 1.05. The Kier molecular flexibility index (Phi) is 7.88. The number of rotatable bonds is 9. The molecule has 0 aliphatic carbocycles. The highest BCUT2D eigenvalue weighted by atomic mass is 35.5. The lowest BCUT2D eigenvalue weighted by Crippen LogP contribution is -2.44. The van der Waals surface area contributed by atoms with Crippen molar-refractivity contribution in [2.75, 3.05) is 13.1 Å². The smallest absolute Gasteiger partial charge is 0.242 e. The second kappa shape index (κ2) is 10.1. The largest absolute Gasteiger partial charge is 0.332 e. The number of hydrogen-bond donors (Lipinski definition) is 0. The lowest BCUT2D eigenvalue weighted by atomic mass is 10.2. The van der Waals surface area contributed by atoms with Crippen molar-refractivity contribution in [3.8, 4) is 0 Å². The van der Waals surface area contributed by atoms with E-state index in [9.17, 15) is 9.59 Å². The van der Waals surface area contributed by atoms with Crippen LogP contribution < -0.4 is 0 Å². The van der Waals surface area contributed by atoms with E-state index in [4.69, 9.17) is 11.6 Å². The van der Waals surface area contributed by atoms with Crippen molar-refractivity contribution < 1.29 is 9.59 Å². The molecule has 0 aliphatic heterocycles. The van der Waals surface area contributed by atoms with Crippen LogP contribution in [-0.4, -0.2) is 40.1 Å². The molecule has 1 heterocycles. The fourth-order valence-electron chi connectivity index (χ4n) is 2.53. The van der Waals surface area contributed by atoms with Gasteiger partial charge in [-0.1, -0.05) is 42.5 Å². The maximum atomic E-state index is 12.9. The third-order valence-electron chi connectivity index (χ3n) is 3.82. The Morgan fingerprint density at radius 3 is 2.46 bits per heavy atom. The molecule has 4 nitrogen and oxygen atoms in total. The van der Waals surface area contributed by atoms with Gasteiger partial charge in [-0.3, -0.25) is 9.59 Å². The molecule has 1 aromatic carbocycles. The summed E-state index contributed by atoms with van der Waals surface area (Å²) < 4.78 is 0. The van der Waals surface area contributed by atoms with Crippen molar-refractivity contribution in [3.63, 3.8) is 0 Å². The molecule has 2 rings (SSSR count). The fourth-order valence-corrected chi connectivity index (χ4v) is 3.39. The van der Waals surface area contributed by atoms with Crippen molar-refractivity contribution in [1.82, 2.24) is 9.80 Å². The van der Waals surface area contributed by atoms with Crippen molar-refractivity contribution >= 4 is 34.8 Å². The first-order valence-electron chi connectivity index (χ1n) is 8.39. The molecule has 0 saturated carbocycles. The molecule has 0 bridgehead atoms. The summed E-state index contributed by atoms with van der Waals surface area (Å²) >= 11 is 7.53. The third-order valence-corrected chi connectivity index (χ3v) is 4.87. The number of halogens is 1. The number of carbonyl (C=O) groups excluding carboxylic acids is 2. The van der Waals surface area contributed by atoms with Gasteiger partial charge in [0.1, 0.15) is 11.9 Å². The molecule has 2 aromatic rings. The molecule has 6 heteroatoms. The van der Waals surface area contributed by atoms with Crippen molar-refractivity contribution in [1.29, 1.82) is 0 Å². The highest BCUT2D eigenvalue weighted by molar-refractivity contribution is 7.09. The quantitative estimate of drug-likeness (QED) is 0.481. The zero-order valence-corrected chi connectivity index (χ0v) is 16.4. The van der Waals surface area contributed by atoms with E-state index in [-0.39, 0.29) is 18.4 Å². The SMILES string of the molecule is C=CCN(CC(=O)N(Cc1ccccc1)Cc1cccs1)C(=O)[C@H](C)Cl. The van der Waals surface area contributed by atoms with Crippen LogP contribution in [0.25, 0.3) is 0 Å². The van der Waals surface area contributed by atoms with Gasteiger partial charge >= 0.3 is 0 Å². The molecular formula is C20H23ClN2O2S. The average Bonchev–Trinajstić information content (AvgIpc) is 3.14. The Morgan fingerprint density at radius 1 is 1.15 bits per heavy atom. The minimum atomic E-state index is -0.678. The minimum absolute atomic E-state index is 0.0138.